The first-order valence-electron chi connectivity index (χ1n) is 12.8. The van der Waals surface area contributed by atoms with E-state index in [1.807, 2.05) is 6.92 Å². The maximum Gasteiger partial charge on any atom is 0.254 e. The predicted octanol–water partition coefficient (Wildman–Crippen LogP) is 6.26. The van der Waals surface area contributed by atoms with Crippen LogP contribution in [-0.4, -0.2) is 44.9 Å². The Balaban J connectivity index is 1.91. The second-order valence-electron chi connectivity index (χ2n) is 9.02. The lowest BCUT2D eigenvalue weighted by atomic mass is 10.1. The van der Waals surface area contributed by atoms with Gasteiger partial charge in [0.15, 0.2) is 0 Å². The molecule has 5 nitrogen and oxygen atoms in total. The average Bonchev–Trinajstić information content (AvgIpc) is 3.15. The molecule has 0 aliphatic heterocycles. The lowest BCUT2D eigenvalue weighted by Gasteiger charge is -2.22. The van der Waals surface area contributed by atoms with Crippen molar-refractivity contribution in [2.75, 3.05) is 19.6 Å². The summed E-state index contributed by atoms with van der Waals surface area (Å²) in [5.74, 6) is 0.325. The van der Waals surface area contributed by atoms with E-state index >= 15 is 0 Å². The molecular weight excluding hydrogens is 427 g/mol. The van der Waals surface area contributed by atoms with Gasteiger partial charge >= 0.3 is 0 Å². The number of hydrogen-bond donors (Lipinski definition) is 0. The van der Waals surface area contributed by atoms with Crippen LogP contribution in [0.3, 0.4) is 0 Å². The molecule has 1 heterocycles. The molecule has 0 bridgehead atoms. The van der Waals surface area contributed by atoms with Crippen LogP contribution in [0, 0.1) is 5.82 Å². The van der Waals surface area contributed by atoms with Crippen molar-refractivity contribution in [2.45, 2.75) is 73.0 Å². The summed E-state index contributed by atoms with van der Waals surface area (Å²) in [6, 6.07) is 12.5. The summed E-state index contributed by atoms with van der Waals surface area (Å²) >= 11 is 0. The summed E-state index contributed by atoms with van der Waals surface area (Å²) in [6.07, 6.45) is 4.09. The van der Waals surface area contributed by atoms with Crippen LogP contribution in [0.2, 0.25) is 0 Å². The summed E-state index contributed by atoms with van der Waals surface area (Å²) in [5.41, 5.74) is 3.72. The molecule has 0 N–H and O–H groups in total. The highest BCUT2D eigenvalue weighted by Gasteiger charge is 2.20. The molecule has 0 saturated heterocycles. The van der Waals surface area contributed by atoms with Gasteiger partial charge in [0, 0.05) is 25.2 Å². The molecule has 0 atom stereocenters. The van der Waals surface area contributed by atoms with E-state index in [1.54, 1.807) is 17.0 Å². The number of amides is 1. The lowest BCUT2D eigenvalue weighted by molar-refractivity contribution is 0.0736. The minimum absolute atomic E-state index is 0.160. The quantitative estimate of drug-likeness (QED) is 0.299. The number of aryl methyl sites for hydroxylation is 1. The SMILES string of the molecule is CCCN(CCC)Cc1ccc2c(c1)nc(CN(CCC)C(=O)c1cccc(F)c1)n2CCC. The van der Waals surface area contributed by atoms with E-state index in [9.17, 15) is 9.18 Å². The molecule has 6 heteroatoms. The first kappa shape index (κ1) is 25.9. The Labute approximate surface area is 203 Å². The molecule has 184 valence electrons. The van der Waals surface area contributed by atoms with Crippen LogP contribution in [0.25, 0.3) is 11.0 Å². The molecule has 34 heavy (non-hydrogen) atoms. The van der Waals surface area contributed by atoms with Gasteiger partial charge in [0.1, 0.15) is 11.6 Å². The fourth-order valence-corrected chi connectivity index (χ4v) is 4.58. The molecule has 0 unspecified atom stereocenters. The summed E-state index contributed by atoms with van der Waals surface area (Å²) in [5, 5.41) is 0. The van der Waals surface area contributed by atoms with Crippen molar-refractivity contribution in [3.63, 3.8) is 0 Å². The Hall–Kier alpha value is -2.73. The highest BCUT2D eigenvalue weighted by Crippen LogP contribution is 2.22. The third-order valence-electron chi connectivity index (χ3n) is 6.01. The minimum atomic E-state index is -0.395. The van der Waals surface area contributed by atoms with Crippen LogP contribution >= 0.6 is 0 Å². The van der Waals surface area contributed by atoms with E-state index in [-0.39, 0.29) is 5.91 Å². The van der Waals surface area contributed by atoms with Gasteiger partial charge in [-0.1, -0.05) is 39.8 Å². The molecule has 3 aromatic rings. The van der Waals surface area contributed by atoms with Gasteiger partial charge in [-0.2, -0.15) is 0 Å². The predicted molar refractivity (Wildman–Crippen MR) is 137 cm³/mol. The smallest absolute Gasteiger partial charge is 0.254 e. The van der Waals surface area contributed by atoms with Gasteiger partial charge in [-0.05, 0) is 74.7 Å². The van der Waals surface area contributed by atoms with Crippen molar-refractivity contribution in [3.05, 3.63) is 65.2 Å². The standard InChI is InChI=1S/C28H39FN4O/c1-5-14-31(15-6-2)20-22-12-13-26-25(18-22)30-27(33(26)17-8-4)21-32(16-7-3)28(34)23-10-9-11-24(29)19-23/h9-13,18-19H,5-8,14-17,20-21H2,1-4H3. The molecule has 0 saturated carbocycles. The number of rotatable bonds is 13. The Morgan fingerprint density at radius 1 is 0.912 bits per heavy atom. The number of aromatic nitrogens is 2. The zero-order valence-electron chi connectivity index (χ0n) is 21.2. The van der Waals surface area contributed by atoms with E-state index in [1.165, 1.54) is 17.7 Å². The molecular formula is C28H39FN4O. The van der Waals surface area contributed by atoms with Crippen molar-refractivity contribution in [3.8, 4) is 0 Å². The summed E-state index contributed by atoms with van der Waals surface area (Å²) in [7, 11) is 0. The fourth-order valence-electron chi connectivity index (χ4n) is 4.58. The molecule has 0 aliphatic rings. The van der Waals surface area contributed by atoms with Crippen LogP contribution in [0.4, 0.5) is 4.39 Å². The number of carbonyl (C=O) groups excluding carboxylic acids is 1. The third-order valence-corrected chi connectivity index (χ3v) is 6.01. The Bertz CT molecular complexity index is 1070. The summed E-state index contributed by atoms with van der Waals surface area (Å²) < 4.78 is 16.0. The zero-order valence-corrected chi connectivity index (χ0v) is 21.2. The van der Waals surface area contributed by atoms with Gasteiger partial charge in [0.25, 0.3) is 5.91 Å². The van der Waals surface area contributed by atoms with Gasteiger partial charge in [-0.25, -0.2) is 9.37 Å². The summed E-state index contributed by atoms with van der Waals surface area (Å²) in [6.45, 7) is 13.6. The summed E-state index contributed by atoms with van der Waals surface area (Å²) in [4.78, 5) is 22.5. The van der Waals surface area contributed by atoms with Gasteiger partial charge in [0.05, 0.1) is 17.6 Å². The van der Waals surface area contributed by atoms with Gasteiger partial charge < -0.3 is 9.47 Å². The Morgan fingerprint density at radius 3 is 2.29 bits per heavy atom. The van der Waals surface area contributed by atoms with Crippen LogP contribution in [0.1, 0.15) is 75.1 Å². The van der Waals surface area contributed by atoms with Crippen molar-refractivity contribution >= 4 is 16.9 Å². The van der Waals surface area contributed by atoms with Crippen molar-refractivity contribution in [1.82, 2.24) is 19.4 Å². The molecule has 0 fully saturated rings. The highest BCUT2D eigenvalue weighted by molar-refractivity contribution is 5.94. The second-order valence-corrected chi connectivity index (χ2v) is 9.02. The molecule has 0 aliphatic carbocycles. The molecule has 0 spiro atoms. The largest absolute Gasteiger partial charge is 0.331 e. The second kappa shape index (κ2) is 12.7. The van der Waals surface area contributed by atoms with Crippen LogP contribution in [0.15, 0.2) is 42.5 Å². The average molecular weight is 467 g/mol. The van der Waals surface area contributed by atoms with E-state index in [0.717, 1.165) is 68.7 Å². The molecule has 3 rings (SSSR count). The lowest BCUT2D eigenvalue weighted by Crippen LogP contribution is -2.32. The number of benzene rings is 2. The van der Waals surface area contributed by atoms with Crippen LogP contribution < -0.4 is 0 Å². The van der Waals surface area contributed by atoms with Crippen LogP contribution in [-0.2, 0) is 19.6 Å². The third kappa shape index (κ3) is 6.44. The fraction of sp³-hybridized carbons (Fsp3) is 0.500. The van der Waals surface area contributed by atoms with Gasteiger partial charge in [-0.3, -0.25) is 9.69 Å². The Kier molecular flexibility index (Phi) is 9.63. The first-order valence-corrected chi connectivity index (χ1v) is 12.8. The molecule has 1 amide bonds. The van der Waals surface area contributed by atoms with Crippen molar-refractivity contribution < 1.29 is 9.18 Å². The van der Waals surface area contributed by atoms with E-state index < -0.39 is 5.82 Å². The van der Waals surface area contributed by atoms with E-state index in [2.05, 4.69) is 48.4 Å². The van der Waals surface area contributed by atoms with E-state index in [4.69, 9.17) is 4.98 Å². The highest BCUT2D eigenvalue weighted by atomic mass is 19.1. The van der Waals surface area contributed by atoms with Crippen molar-refractivity contribution in [1.29, 1.82) is 0 Å². The normalized spacial score (nSPS) is 11.5. The molecule has 2 aromatic carbocycles. The minimum Gasteiger partial charge on any atom is -0.331 e. The maximum absolute atomic E-state index is 13.7. The number of fused-ring (bicyclic) bond motifs is 1. The maximum atomic E-state index is 13.7. The van der Waals surface area contributed by atoms with Crippen LogP contribution in [0.5, 0.6) is 0 Å². The number of halogens is 1. The topological polar surface area (TPSA) is 41.4 Å². The number of nitrogens with zero attached hydrogens (tertiary/aromatic N) is 4. The molecule has 0 radical (unpaired) electrons. The first-order chi connectivity index (χ1) is 16.5. The van der Waals surface area contributed by atoms with E-state index in [0.29, 0.717) is 18.7 Å². The number of imidazole rings is 1. The monoisotopic (exact) mass is 466 g/mol. The van der Waals surface area contributed by atoms with Gasteiger partial charge in [0.2, 0.25) is 0 Å². The van der Waals surface area contributed by atoms with Crippen molar-refractivity contribution in [2.24, 2.45) is 0 Å². The van der Waals surface area contributed by atoms with Gasteiger partial charge in [-0.15, -0.1) is 0 Å². The zero-order chi connectivity index (χ0) is 24.5. The number of hydrogen-bond acceptors (Lipinski definition) is 3. The Morgan fingerprint density at radius 2 is 1.65 bits per heavy atom. The molecule has 1 aromatic heterocycles. The number of carbonyl (C=O) groups is 1.